The molecule has 1 amide bonds. The average molecular weight is 236 g/mol. The lowest BCUT2D eigenvalue weighted by Gasteiger charge is -2.39. The fraction of sp³-hybridized carbons (Fsp3) is 0.667. The van der Waals surface area contributed by atoms with Crippen molar-refractivity contribution in [2.75, 3.05) is 5.73 Å². The Balaban J connectivity index is 2.03. The highest BCUT2D eigenvalue weighted by Crippen LogP contribution is 2.22. The van der Waals surface area contributed by atoms with Gasteiger partial charge in [0.1, 0.15) is 12.4 Å². The Bertz CT molecular complexity index is 391. The lowest BCUT2D eigenvalue weighted by Crippen LogP contribution is -2.48. The van der Waals surface area contributed by atoms with Crippen LogP contribution in [0.4, 0.5) is 5.82 Å². The number of hydrogen-bond acceptors (Lipinski definition) is 3. The normalized spacial score (nSPS) is 24.9. The van der Waals surface area contributed by atoms with Gasteiger partial charge in [-0.3, -0.25) is 9.48 Å². The maximum Gasteiger partial charge on any atom is 0.244 e. The molecule has 0 spiro atoms. The van der Waals surface area contributed by atoms with Gasteiger partial charge in [0, 0.05) is 18.3 Å². The molecular weight excluding hydrogens is 216 g/mol. The predicted octanol–water partition coefficient (Wildman–Crippen LogP) is 1.25. The van der Waals surface area contributed by atoms with Gasteiger partial charge in [0.2, 0.25) is 5.91 Å². The van der Waals surface area contributed by atoms with Gasteiger partial charge in [-0.25, -0.2) is 0 Å². The summed E-state index contributed by atoms with van der Waals surface area (Å²) in [4.78, 5) is 14.2. The van der Waals surface area contributed by atoms with Gasteiger partial charge in [0.15, 0.2) is 0 Å². The summed E-state index contributed by atoms with van der Waals surface area (Å²) in [5, 5.41) is 4.04. The molecule has 94 valence electrons. The van der Waals surface area contributed by atoms with Crippen molar-refractivity contribution in [2.24, 2.45) is 0 Å². The average Bonchev–Trinajstić information content (AvgIpc) is 2.63. The van der Waals surface area contributed by atoms with Gasteiger partial charge in [-0.15, -0.1) is 0 Å². The van der Waals surface area contributed by atoms with Gasteiger partial charge in [-0.2, -0.15) is 5.10 Å². The van der Waals surface area contributed by atoms with Crippen LogP contribution in [0.5, 0.6) is 0 Å². The zero-order valence-corrected chi connectivity index (χ0v) is 10.5. The van der Waals surface area contributed by atoms with E-state index in [9.17, 15) is 4.79 Å². The summed E-state index contributed by atoms with van der Waals surface area (Å²) in [7, 11) is 0. The van der Waals surface area contributed by atoms with Gasteiger partial charge >= 0.3 is 0 Å². The van der Waals surface area contributed by atoms with Crippen LogP contribution in [0.15, 0.2) is 12.3 Å². The van der Waals surface area contributed by atoms with Crippen LogP contribution in [0, 0.1) is 0 Å². The number of nitrogens with zero attached hydrogens (tertiary/aromatic N) is 3. The molecule has 2 heterocycles. The molecule has 2 rings (SSSR count). The van der Waals surface area contributed by atoms with E-state index in [-0.39, 0.29) is 12.5 Å². The second-order valence-corrected chi connectivity index (χ2v) is 4.87. The summed E-state index contributed by atoms with van der Waals surface area (Å²) < 4.78 is 1.60. The van der Waals surface area contributed by atoms with Crippen molar-refractivity contribution in [1.82, 2.24) is 14.7 Å². The van der Waals surface area contributed by atoms with Crippen molar-refractivity contribution in [3.8, 4) is 0 Å². The summed E-state index contributed by atoms with van der Waals surface area (Å²) in [5.74, 6) is 0.588. The van der Waals surface area contributed by atoms with E-state index < -0.39 is 0 Å². The van der Waals surface area contributed by atoms with E-state index in [1.807, 2.05) is 4.90 Å². The van der Waals surface area contributed by atoms with Crippen LogP contribution in [0.3, 0.4) is 0 Å². The first-order valence-corrected chi connectivity index (χ1v) is 6.18. The highest BCUT2D eigenvalue weighted by atomic mass is 16.2. The number of aromatic nitrogens is 2. The second kappa shape index (κ2) is 4.77. The van der Waals surface area contributed by atoms with E-state index in [0.717, 1.165) is 12.8 Å². The summed E-state index contributed by atoms with van der Waals surface area (Å²) in [6.07, 6.45) is 5.14. The van der Waals surface area contributed by atoms with Crippen LogP contribution in [-0.2, 0) is 11.3 Å². The summed E-state index contributed by atoms with van der Waals surface area (Å²) in [6.45, 7) is 4.52. The molecular formula is C12H20N4O. The number of piperidine rings is 1. The fourth-order valence-corrected chi connectivity index (χ4v) is 2.60. The Morgan fingerprint density at radius 3 is 2.65 bits per heavy atom. The van der Waals surface area contributed by atoms with Crippen LogP contribution in [0.1, 0.15) is 33.1 Å². The number of carbonyl (C=O) groups is 1. The number of carbonyl (C=O) groups excluding carboxylic acids is 1. The van der Waals surface area contributed by atoms with E-state index in [2.05, 4.69) is 18.9 Å². The van der Waals surface area contributed by atoms with Crippen LogP contribution in [-0.4, -0.2) is 32.7 Å². The molecule has 1 aliphatic rings. The number of nitrogen functional groups attached to an aromatic ring is 1. The van der Waals surface area contributed by atoms with Gasteiger partial charge in [0.05, 0.1) is 0 Å². The Labute approximate surface area is 102 Å². The lowest BCUT2D eigenvalue weighted by molar-refractivity contribution is -0.138. The largest absolute Gasteiger partial charge is 0.382 e. The Hall–Kier alpha value is -1.52. The van der Waals surface area contributed by atoms with Crippen molar-refractivity contribution in [3.05, 3.63) is 12.3 Å². The topological polar surface area (TPSA) is 64.2 Å². The van der Waals surface area contributed by atoms with E-state index in [4.69, 9.17) is 5.73 Å². The Morgan fingerprint density at radius 1 is 1.47 bits per heavy atom. The third-order valence-electron chi connectivity index (χ3n) is 3.44. The highest BCUT2D eigenvalue weighted by molar-refractivity contribution is 5.76. The maximum absolute atomic E-state index is 12.2. The molecule has 17 heavy (non-hydrogen) atoms. The quantitative estimate of drug-likeness (QED) is 0.840. The zero-order chi connectivity index (χ0) is 12.4. The molecule has 2 atom stereocenters. The van der Waals surface area contributed by atoms with Crippen molar-refractivity contribution >= 4 is 11.7 Å². The highest BCUT2D eigenvalue weighted by Gasteiger charge is 2.28. The van der Waals surface area contributed by atoms with Crippen molar-refractivity contribution < 1.29 is 4.79 Å². The number of hydrogen-bond donors (Lipinski definition) is 1. The number of rotatable bonds is 2. The SMILES string of the molecule is C[C@@H]1CCC[C@H](C)N1C(=O)Cn1ccc(N)n1. The molecule has 5 heteroatoms. The van der Waals surface area contributed by atoms with Crippen molar-refractivity contribution in [1.29, 1.82) is 0 Å². The number of amides is 1. The summed E-state index contributed by atoms with van der Waals surface area (Å²) >= 11 is 0. The maximum atomic E-state index is 12.2. The van der Waals surface area contributed by atoms with E-state index in [1.54, 1.807) is 16.9 Å². The Kier molecular flexibility index (Phi) is 3.36. The second-order valence-electron chi connectivity index (χ2n) is 4.87. The van der Waals surface area contributed by atoms with Crippen LogP contribution in [0.2, 0.25) is 0 Å². The van der Waals surface area contributed by atoms with E-state index in [0.29, 0.717) is 17.9 Å². The number of anilines is 1. The summed E-state index contributed by atoms with van der Waals surface area (Å²) in [6, 6.07) is 2.37. The number of nitrogens with two attached hydrogens (primary N) is 1. The standard InChI is InChI=1S/C12H20N4O/c1-9-4-3-5-10(2)16(9)12(17)8-15-7-6-11(13)14-15/h6-7,9-10H,3-5,8H2,1-2H3,(H2,13,14)/t9-,10+. The van der Waals surface area contributed by atoms with Crippen molar-refractivity contribution in [3.63, 3.8) is 0 Å². The minimum Gasteiger partial charge on any atom is -0.382 e. The van der Waals surface area contributed by atoms with Crippen LogP contribution >= 0.6 is 0 Å². The monoisotopic (exact) mass is 236 g/mol. The first-order valence-electron chi connectivity index (χ1n) is 6.18. The Morgan fingerprint density at radius 2 is 2.12 bits per heavy atom. The molecule has 0 unspecified atom stereocenters. The van der Waals surface area contributed by atoms with Crippen LogP contribution < -0.4 is 5.73 Å². The third-order valence-corrected chi connectivity index (χ3v) is 3.44. The fourth-order valence-electron chi connectivity index (χ4n) is 2.60. The molecule has 2 N–H and O–H groups in total. The molecule has 0 radical (unpaired) electrons. The predicted molar refractivity (Wildman–Crippen MR) is 66.3 cm³/mol. The van der Waals surface area contributed by atoms with Crippen LogP contribution in [0.25, 0.3) is 0 Å². The molecule has 5 nitrogen and oxygen atoms in total. The number of likely N-dealkylation sites (tertiary alicyclic amines) is 1. The van der Waals surface area contributed by atoms with E-state index >= 15 is 0 Å². The minimum atomic E-state index is 0.132. The molecule has 0 aromatic carbocycles. The molecule has 0 bridgehead atoms. The molecule has 0 aliphatic carbocycles. The van der Waals surface area contributed by atoms with Gasteiger partial charge in [0.25, 0.3) is 0 Å². The first-order chi connectivity index (χ1) is 8.08. The third kappa shape index (κ3) is 2.60. The van der Waals surface area contributed by atoms with Gasteiger partial charge < -0.3 is 10.6 Å². The zero-order valence-electron chi connectivity index (χ0n) is 10.5. The van der Waals surface area contributed by atoms with Gasteiger partial charge in [-0.05, 0) is 39.2 Å². The molecule has 1 aromatic heterocycles. The van der Waals surface area contributed by atoms with Gasteiger partial charge in [-0.1, -0.05) is 0 Å². The smallest absolute Gasteiger partial charge is 0.244 e. The molecule has 1 aromatic rings. The molecule has 1 saturated heterocycles. The van der Waals surface area contributed by atoms with E-state index in [1.165, 1.54) is 6.42 Å². The molecule has 1 fully saturated rings. The molecule has 0 saturated carbocycles. The lowest BCUT2D eigenvalue weighted by atomic mass is 9.97. The minimum absolute atomic E-state index is 0.132. The molecule has 1 aliphatic heterocycles. The van der Waals surface area contributed by atoms with Crippen molar-refractivity contribution in [2.45, 2.75) is 51.7 Å². The first kappa shape index (κ1) is 12.0. The summed E-state index contributed by atoms with van der Waals surface area (Å²) in [5.41, 5.74) is 5.53.